The third-order valence-electron chi connectivity index (χ3n) is 4.26. The SMILES string of the molecule is CCOc1ccc(C(=O)NCC2CCC(C)CC2)cc1N. The fraction of sp³-hybridized carbons (Fsp3) is 0.588. The molecule has 1 amide bonds. The number of nitrogens with two attached hydrogens (primary N) is 1. The summed E-state index contributed by atoms with van der Waals surface area (Å²) in [5.74, 6) is 2.03. The molecule has 0 radical (unpaired) electrons. The van der Waals surface area contributed by atoms with E-state index < -0.39 is 0 Å². The maximum absolute atomic E-state index is 12.2. The van der Waals surface area contributed by atoms with Gasteiger partial charge >= 0.3 is 0 Å². The van der Waals surface area contributed by atoms with Gasteiger partial charge in [0, 0.05) is 12.1 Å². The first-order chi connectivity index (χ1) is 10.1. The molecule has 3 N–H and O–H groups in total. The average Bonchev–Trinajstić information content (AvgIpc) is 2.48. The van der Waals surface area contributed by atoms with Crippen molar-refractivity contribution in [1.82, 2.24) is 5.32 Å². The zero-order valence-corrected chi connectivity index (χ0v) is 13.0. The number of ether oxygens (including phenoxy) is 1. The molecule has 4 nitrogen and oxygen atoms in total. The Morgan fingerprint density at radius 1 is 1.33 bits per heavy atom. The minimum Gasteiger partial charge on any atom is -0.492 e. The van der Waals surface area contributed by atoms with Crippen molar-refractivity contribution in [2.24, 2.45) is 11.8 Å². The molecule has 1 aliphatic rings. The van der Waals surface area contributed by atoms with Gasteiger partial charge in [-0.05, 0) is 49.8 Å². The first-order valence-electron chi connectivity index (χ1n) is 7.90. The Morgan fingerprint density at radius 2 is 2.05 bits per heavy atom. The van der Waals surface area contributed by atoms with Crippen LogP contribution in [-0.2, 0) is 0 Å². The van der Waals surface area contributed by atoms with Crippen LogP contribution in [-0.4, -0.2) is 19.1 Å². The number of nitrogens with one attached hydrogen (secondary N) is 1. The normalized spacial score (nSPS) is 21.8. The Balaban J connectivity index is 1.87. The monoisotopic (exact) mass is 290 g/mol. The van der Waals surface area contributed by atoms with Crippen LogP contribution in [0.1, 0.15) is 49.9 Å². The molecule has 2 rings (SSSR count). The molecule has 4 heteroatoms. The van der Waals surface area contributed by atoms with E-state index in [1.165, 1.54) is 25.7 Å². The lowest BCUT2D eigenvalue weighted by Crippen LogP contribution is -2.31. The Bertz CT molecular complexity index is 480. The minimum atomic E-state index is -0.0524. The summed E-state index contributed by atoms with van der Waals surface area (Å²) < 4.78 is 5.38. The number of carbonyl (C=O) groups excluding carboxylic acids is 1. The fourth-order valence-corrected chi connectivity index (χ4v) is 2.85. The second-order valence-electron chi connectivity index (χ2n) is 6.02. The number of amides is 1. The van der Waals surface area contributed by atoms with Crippen molar-refractivity contribution in [2.75, 3.05) is 18.9 Å². The van der Waals surface area contributed by atoms with Crippen molar-refractivity contribution < 1.29 is 9.53 Å². The molecule has 0 bridgehead atoms. The molecule has 1 aromatic rings. The lowest BCUT2D eigenvalue weighted by molar-refractivity contribution is 0.0942. The summed E-state index contributed by atoms with van der Waals surface area (Å²) in [6.45, 7) is 5.54. The molecular weight excluding hydrogens is 264 g/mol. The number of benzene rings is 1. The van der Waals surface area contributed by atoms with E-state index in [1.807, 2.05) is 6.92 Å². The molecule has 1 aliphatic carbocycles. The van der Waals surface area contributed by atoms with Crippen LogP contribution >= 0.6 is 0 Å². The van der Waals surface area contributed by atoms with Gasteiger partial charge in [0.15, 0.2) is 0 Å². The topological polar surface area (TPSA) is 64.3 Å². The van der Waals surface area contributed by atoms with E-state index in [2.05, 4.69) is 12.2 Å². The highest BCUT2D eigenvalue weighted by atomic mass is 16.5. The van der Waals surface area contributed by atoms with Crippen molar-refractivity contribution in [1.29, 1.82) is 0 Å². The van der Waals surface area contributed by atoms with E-state index in [4.69, 9.17) is 10.5 Å². The molecule has 1 saturated carbocycles. The summed E-state index contributed by atoms with van der Waals surface area (Å²) in [6.07, 6.45) is 4.98. The highest BCUT2D eigenvalue weighted by Gasteiger charge is 2.19. The highest BCUT2D eigenvalue weighted by molar-refractivity contribution is 5.95. The first-order valence-corrected chi connectivity index (χ1v) is 7.90. The lowest BCUT2D eigenvalue weighted by Gasteiger charge is -2.26. The summed E-state index contributed by atoms with van der Waals surface area (Å²) in [6, 6.07) is 5.21. The van der Waals surface area contributed by atoms with Gasteiger partial charge in [-0.1, -0.05) is 19.8 Å². The molecular formula is C17H26N2O2. The maximum Gasteiger partial charge on any atom is 0.251 e. The maximum atomic E-state index is 12.2. The van der Waals surface area contributed by atoms with Crippen molar-refractivity contribution in [3.63, 3.8) is 0 Å². The van der Waals surface area contributed by atoms with Crippen molar-refractivity contribution in [3.8, 4) is 5.75 Å². The zero-order valence-electron chi connectivity index (χ0n) is 13.0. The van der Waals surface area contributed by atoms with E-state index in [0.29, 0.717) is 29.5 Å². The van der Waals surface area contributed by atoms with Gasteiger partial charge in [-0.3, -0.25) is 4.79 Å². The van der Waals surface area contributed by atoms with Gasteiger partial charge in [-0.25, -0.2) is 0 Å². The van der Waals surface area contributed by atoms with Crippen LogP contribution in [0.15, 0.2) is 18.2 Å². The van der Waals surface area contributed by atoms with Crippen LogP contribution in [0.2, 0.25) is 0 Å². The number of anilines is 1. The first kappa shape index (κ1) is 15.7. The van der Waals surface area contributed by atoms with Crippen LogP contribution in [0.3, 0.4) is 0 Å². The molecule has 0 spiro atoms. The van der Waals surface area contributed by atoms with E-state index in [9.17, 15) is 4.79 Å². The third kappa shape index (κ3) is 4.38. The second-order valence-corrected chi connectivity index (χ2v) is 6.02. The van der Waals surface area contributed by atoms with Crippen LogP contribution in [0.5, 0.6) is 5.75 Å². The fourth-order valence-electron chi connectivity index (χ4n) is 2.85. The quantitative estimate of drug-likeness (QED) is 0.818. The molecule has 0 heterocycles. The van der Waals surface area contributed by atoms with E-state index >= 15 is 0 Å². The van der Waals surface area contributed by atoms with E-state index in [-0.39, 0.29) is 5.91 Å². The van der Waals surface area contributed by atoms with Gasteiger partial charge in [0.25, 0.3) is 5.91 Å². The molecule has 21 heavy (non-hydrogen) atoms. The number of rotatable bonds is 5. The van der Waals surface area contributed by atoms with Crippen LogP contribution in [0.4, 0.5) is 5.69 Å². The zero-order chi connectivity index (χ0) is 15.2. The van der Waals surface area contributed by atoms with Crippen LogP contribution < -0.4 is 15.8 Å². The Labute approximate surface area is 127 Å². The smallest absolute Gasteiger partial charge is 0.251 e. The van der Waals surface area contributed by atoms with Crippen molar-refractivity contribution in [2.45, 2.75) is 39.5 Å². The number of hydrogen-bond donors (Lipinski definition) is 2. The Morgan fingerprint density at radius 3 is 2.67 bits per heavy atom. The number of hydrogen-bond acceptors (Lipinski definition) is 3. The summed E-state index contributed by atoms with van der Waals surface area (Å²) in [7, 11) is 0. The molecule has 1 fully saturated rings. The lowest BCUT2D eigenvalue weighted by atomic mass is 9.83. The van der Waals surface area contributed by atoms with E-state index in [0.717, 1.165) is 12.5 Å². The predicted octanol–water partition coefficient (Wildman–Crippen LogP) is 3.22. The van der Waals surface area contributed by atoms with Gasteiger partial charge < -0.3 is 15.8 Å². The van der Waals surface area contributed by atoms with Crippen LogP contribution in [0.25, 0.3) is 0 Å². The van der Waals surface area contributed by atoms with Gasteiger partial charge in [0.05, 0.1) is 12.3 Å². The summed E-state index contributed by atoms with van der Waals surface area (Å²) in [5.41, 5.74) is 7.00. The predicted molar refractivity (Wildman–Crippen MR) is 85.5 cm³/mol. The standard InChI is InChI=1S/C17H26N2O2/c1-3-21-16-9-8-14(10-15(16)18)17(20)19-11-13-6-4-12(2)5-7-13/h8-10,12-13H,3-7,11,18H2,1-2H3,(H,19,20). The van der Waals surface area contributed by atoms with Gasteiger partial charge in [0.1, 0.15) is 5.75 Å². The Kier molecular flexibility index (Phi) is 5.48. The molecule has 0 aromatic heterocycles. The summed E-state index contributed by atoms with van der Waals surface area (Å²) in [4.78, 5) is 12.2. The average molecular weight is 290 g/mol. The summed E-state index contributed by atoms with van der Waals surface area (Å²) in [5, 5.41) is 3.03. The molecule has 0 saturated heterocycles. The molecule has 116 valence electrons. The van der Waals surface area contributed by atoms with Crippen molar-refractivity contribution >= 4 is 11.6 Å². The third-order valence-corrected chi connectivity index (χ3v) is 4.26. The minimum absolute atomic E-state index is 0.0524. The van der Waals surface area contributed by atoms with Gasteiger partial charge in [-0.2, -0.15) is 0 Å². The highest BCUT2D eigenvalue weighted by Crippen LogP contribution is 2.28. The van der Waals surface area contributed by atoms with Crippen LogP contribution in [0, 0.1) is 11.8 Å². The number of nitrogen functional groups attached to an aromatic ring is 1. The van der Waals surface area contributed by atoms with Gasteiger partial charge in [0.2, 0.25) is 0 Å². The largest absolute Gasteiger partial charge is 0.492 e. The second kappa shape index (κ2) is 7.34. The van der Waals surface area contributed by atoms with E-state index in [1.54, 1.807) is 18.2 Å². The molecule has 0 atom stereocenters. The Hall–Kier alpha value is -1.71. The molecule has 0 aliphatic heterocycles. The van der Waals surface area contributed by atoms with Crippen molar-refractivity contribution in [3.05, 3.63) is 23.8 Å². The number of carbonyl (C=O) groups is 1. The molecule has 1 aromatic carbocycles. The van der Waals surface area contributed by atoms with Gasteiger partial charge in [-0.15, -0.1) is 0 Å². The summed E-state index contributed by atoms with van der Waals surface area (Å²) >= 11 is 0. The molecule has 0 unspecified atom stereocenters.